The van der Waals surface area contributed by atoms with E-state index in [4.69, 9.17) is 5.84 Å². The third-order valence-corrected chi connectivity index (χ3v) is 2.47. The van der Waals surface area contributed by atoms with Gasteiger partial charge in [0.2, 0.25) is 0 Å². The molecule has 0 radical (unpaired) electrons. The van der Waals surface area contributed by atoms with E-state index < -0.39 is 0 Å². The van der Waals surface area contributed by atoms with Crippen molar-refractivity contribution < 1.29 is 0 Å². The summed E-state index contributed by atoms with van der Waals surface area (Å²) in [6, 6.07) is 21.5. The summed E-state index contributed by atoms with van der Waals surface area (Å²) in [6.45, 7) is 0. The second kappa shape index (κ2) is 6.98. The van der Waals surface area contributed by atoms with Gasteiger partial charge in [-0.15, -0.1) is 0 Å². The summed E-state index contributed by atoms with van der Waals surface area (Å²) in [4.78, 5) is 0. The quantitative estimate of drug-likeness (QED) is 0.544. The molecular weight excluding hydrogens is 236 g/mol. The normalized spacial score (nSPS) is 9.32. The van der Waals surface area contributed by atoms with E-state index in [9.17, 15) is 0 Å². The summed E-state index contributed by atoms with van der Waals surface area (Å²) in [5.74, 6) is 5.10. The summed E-state index contributed by atoms with van der Waals surface area (Å²) < 4.78 is 1.83. The molecular formula is C15H16N4. The number of nitrogens with zero attached hydrogens (tertiary/aromatic N) is 2. The Hall–Kier alpha value is -2.59. The minimum absolute atomic E-state index is 0.938. The van der Waals surface area contributed by atoms with Gasteiger partial charge in [-0.1, -0.05) is 36.4 Å². The van der Waals surface area contributed by atoms with Gasteiger partial charge < -0.3 is 5.43 Å². The molecule has 2 aromatic carbocycles. The molecule has 4 nitrogen and oxygen atoms in total. The summed E-state index contributed by atoms with van der Waals surface area (Å²) in [7, 11) is 0. The van der Waals surface area contributed by atoms with Crippen LogP contribution in [0.2, 0.25) is 0 Å². The Balaban J connectivity index is 0.000000148. The molecule has 0 aliphatic heterocycles. The molecule has 1 aromatic heterocycles. The number of nitrogens with two attached hydrogens (primary N) is 1. The third kappa shape index (κ3) is 3.97. The Morgan fingerprint density at radius 2 is 1.47 bits per heavy atom. The average Bonchev–Trinajstić information content (AvgIpc) is 3.04. The number of nitrogen functional groups attached to an aromatic ring is 1. The summed E-state index contributed by atoms with van der Waals surface area (Å²) >= 11 is 0. The van der Waals surface area contributed by atoms with Crippen molar-refractivity contribution in [1.29, 1.82) is 0 Å². The van der Waals surface area contributed by atoms with Gasteiger partial charge in [-0.25, -0.2) is 4.68 Å². The predicted octanol–water partition coefficient (Wildman–Crippen LogP) is 2.84. The van der Waals surface area contributed by atoms with Gasteiger partial charge in [0.1, 0.15) is 0 Å². The Kier molecular flexibility index (Phi) is 4.72. The highest BCUT2D eigenvalue weighted by molar-refractivity contribution is 5.40. The van der Waals surface area contributed by atoms with Crippen LogP contribution in [0.3, 0.4) is 0 Å². The zero-order chi connectivity index (χ0) is 13.3. The van der Waals surface area contributed by atoms with E-state index in [1.165, 1.54) is 0 Å². The van der Waals surface area contributed by atoms with Gasteiger partial charge in [-0.05, 0) is 30.3 Å². The van der Waals surface area contributed by atoms with Crippen molar-refractivity contribution in [2.24, 2.45) is 5.84 Å². The van der Waals surface area contributed by atoms with E-state index in [0.717, 1.165) is 11.4 Å². The van der Waals surface area contributed by atoms with Gasteiger partial charge in [0.05, 0.1) is 5.69 Å². The molecule has 0 saturated carbocycles. The van der Waals surface area contributed by atoms with Crippen molar-refractivity contribution in [3.63, 3.8) is 0 Å². The molecule has 0 atom stereocenters. The minimum atomic E-state index is 0.938. The number of hydrogen-bond acceptors (Lipinski definition) is 3. The fraction of sp³-hybridized carbons (Fsp3) is 0. The fourth-order valence-corrected chi connectivity index (χ4v) is 1.54. The van der Waals surface area contributed by atoms with Gasteiger partial charge >= 0.3 is 0 Å². The van der Waals surface area contributed by atoms with Crippen LogP contribution in [0.15, 0.2) is 79.1 Å². The van der Waals surface area contributed by atoms with Crippen LogP contribution < -0.4 is 11.3 Å². The Bertz CT molecular complexity index is 562. The lowest BCUT2D eigenvalue weighted by Crippen LogP contribution is -2.05. The molecule has 0 saturated heterocycles. The number of nitrogens with one attached hydrogen (secondary N) is 1. The Morgan fingerprint density at radius 1 is 0.842 bits per heavy atom. The van der Waals surface area contributed by atoms with Crippen LogP contribution in [-0.2, 0) is 0 Å². The van der Waals surface area contributed by atoms with Crippen molar-refractivity contribution in [3.05, 3.63) is 79.1 Å². The number of benzene rings is 2. The summed E-state index contributed by atoms with van der Waals surface area (Å²) in [5, 5.41) is 4.10. The van der Waals surface area contributed by atoms with Crippen LogP contribution in [0, 0.1) is 0 Å². The van der Waals surface area contributed by atoms with Gasteiger partial charge in [-0.3, -0.25) is 5.84 Å². The molecule has 3 rings (SSSR count). The highest BCUT2D eigenvalue weighted by Crippen LogP contribution is 2.03. The topological polar surface area (TPSA) is 55.9 Å². The van der Waals surface area contributed by atoms with Crippen LogP contribution in [0.25, 0.3) is 5.69 Å². The first-order valence-electron chi connectivity index (χ1n) is 5.97. The molecule has 4 heteroatoms. The van der Waals surface area contributed by atoms with Crippen molar-refractivity contribution >= 4 is 5.69 Å². The number of hydrogen-bond donors (Lipinski definition) is 2. The second-order valence-corrected chi connectivity index (χ2v) is 3.80. The maximum Gasteiger partial charge on any atom is 0.0645 e. The molecule has 3 N–H and O–H groups in total. The SMILES string of the molecule is NNc1ccccc1.c1ccc(-n2cccn2)cc1. The van der Waals surface area contributed by atoms with Crippen LogP contribution in [0.5, 0.6) is 0 Å². The minimum Gasteiger partial charge on any atom is -0.324 e. The van der Waals surface area contributed by atoms with E-state index in [1.54, 1.807) is 6.20 Å². The lowest BCUT2D eigenvalue weighted by Gasteiger charge is -1.97. The van der Waals surface area contributed by atoms with Gasteiger partial charge in [0.25, 0.3) is 0 Å². The standard InChI is InChI=1S/C9H8N2.C6H8N2/c1-2-5-9(6-3-1)11-8-4-7-10-11;7-8-6-4-2-1-3-5-6/h1-8H;1-5,8H,7H2. The molecule has 19 heavy (non-hydrogen) atoms. The van der Waals surface area contributed by atoms with E-state index >= 15 is 0 Å². The summed E-state index contributed by atoms with van der Waals surface area (Å²) in [6.07, 6.45) is 3.70. The average molecular weight is 252 g/mol. The zero-order valence-corrected chi connectivity index (χ0v) is 10.5. The van der Waals surface area contributed by atoms with Crippen LogP contribution in [-0.4, -0.2) is 9.78 Å². The number of para-hydroxylation sites is 2. The second-order valence-electron chi connectivity index (χ2n) is 3.80. The lowest BCUT2D eigenvalue weighted by molar-refractivity contribution is 0.880. The zero-order valence-electron chi connectivity index (χ0n) is 10.5. The van der Waals surface area contributed by atoms with Crippen LogP contribution in [0.4, 0.5) is 5.69 Å². The monoisotopic (exact) mass is 252 g/mol. The molecule has 0 spiro atoms. The molecule has 0 bridgehead atoms. The van der Waals surface area contributed by atoms with Crippen molar-refractivity contribution in [1.82, 2.24) is 9.78 Å². The lowest BCUT2D eigenvalue weighted by atomic mass is 10.3. The number of aromatic nitrogens is 2. The Morgan fingerprint density at radius 3 is 1.95 bits per heavy atom. The first kappa shape index (κ1) is 12.9. The predicted molar refractivity (Wildman–Crippen MR) is 77.8 cm³/mol. The highest BCUT2D eigenvalue weighted by atomic mass is 15.3. The largest absolute Gasteiger partial charge is 0.324 e. The molecule has 0 aliphatic rings. The Labute approximate surface area is 112 Å². The maximum atomic E-state index is 5.10. The molecule has 0 aliphatic carbocycles. The summed E-state index contributed by atoms with van der Waals surface area (Å²) in [5.41, 5.74) is 4.56. The number of anilines is 1. The van der Waals surface area contributed by atoms with Crippen molar-refractivity contribution in [3.8, 4) is 5.69 Å². The molecule has 3 aromatic rings. The van der Waals surface area contributed by atoms with E-state index in [0.29, 0.717) is 0 Å². The van der Waals surface area contributed by atoms with Gasteiger partial charge in [0.15, 0.2) is 0 Å². The van der Waals surface area contributed by atoms with Gasteiger partial charge in [0, 0.05) is 18.1 Å². The molecule has 1 heterocycles. The first-order valence-corrected chi connectivity index (χ1v) is 5.97. The smallest absolute Gasteiger partial charge is 0.0645 e. The fourth-order valence-electron chi connectivity index (χ4n) is 1.54. The third-order valence-electron chi connectivity index (χ3n) is 2.47. The number of hydrazine groups is 1. The van der Waals surface area contributed by atoms with E-state index in [1.807, 2.05) is 77.6 Å². The van der Waals surface area contributed by atoms with E-state index in [2.05, 4.69) is 10.5 Å². The van der Waals surface area contributed by atoms with Crippen LogP contribution >= 0.6 is 0 Å². The number of rotatable bonds is 2. The maximum absolute atomic E-state index is 5.10. The highest BCUT2D eigenvalue weighted by Gasteiger charge is 1.90. The van der Waals surface area contributed by atoms with Crippen molar-refractivity contribution in [2.45, 2.75) is 0 Å². The molecule has 0 unspecified atom stereocenters. The first-order chi connectivity index (χ1) is 9.40. The molecule has 96 valence electrons. The molecule has 0 amide bonds. The van der Waals surface area contributed by atoms with E-state index in [-0.39, 0.29) is 0 Å². The molecule has 0 fully saturated rings. The van der Waals surface area contributed by atoms with Crippen LogP contribution in [0.1, 0.15) is 0 Å². The van der Waals surface area contributed by atoms with Gasteiger partial charge in [-0.2, -0.15) is 5.10 Å². The van der Waals surface area contributed by atoms with Crippen molar-refractivity contribution in [2.75, 3.05) is 5.43 Å².